The molecule has 3 rings (SSSR count). The molecule has 4 nitrogen and oxygen atoms in total. The van der Waals surface area contributed by atoms with Crippen molar-refractivity contribution in [3.05, 3.63) is 35.9 Å². The van der Waals surface area contributed by atoms with E-state index < -0.39 is 5.54 Å². The third-order valence-electron chi connectivity index (χ3n) is 3.99. The molecule has 1 aromatic carbocycles. The highest BCUT2D eigenvalue weighted by molar-refractivity contribution is 5.90. The first-order valence-electron chi connectivity index (χ1n) is 6.34. The summed E-state index contributed by atoms with van der Waals surface area (Å²) in [7, 11) is 0. The molecule has 2 unspecified atom stereocenters. The van der Waals surface area contributed by atoms with Crippen LogP contribution in [-0.2, 0) is 4.79 Å². The molecule has 1 spiro atoms. The van der Waals surface area contributed by atoms with Crippen LogP contribution in [0.3, 0.4) is 0 Å². The Morgan fingerprint density at radius 3 is 2.56 bits per heavy atom. The van der Waals surface area contributed by atoms with E-state index in [1.807, 2.05) is 18.2 Å². The van der Waals surface area contributed by atoms with Crippen molar-refractivity contribution in [3.8, 4) is 0 Å². The van der Waals surface area contributed by atoms with Gasteiger partial charge in [-0.05, 0) is 19.4 Å². The van der Waals surface area contributed by atoms with Gasteiger partial charge in [0.1, 0.15) is 0 Å². The van der Waals surface area contributed by atoms with Crippen molar-refractivity contribution in [3.63, 3.8) is 0 Å². The maximum absolute atomic E-state index is 12.2. The van der Waals surface area contributed by atoms with Gasteiger partial charge in [0, 0.05) is 18.9 Å². The van der Waals surface area contributed by atoms with E-state index >= 15 is 0 Å². The molecule has 0 aromatic heterocycles. The molecule has 1 aromatic rings. The molecule has 2 aliphatic rings. The third-order valence-corrected chi connectivity index (χ3v) is 3.99. The lowest BCUT2D eigenvalue weighted by Gasteiger charge is -2.32. The van der Waals surface area contributed by atoms with E-state index in [1.165, 1.54) is 0 Å². The minimum Gasteiger partial charge on any atom is -0.354 e. The second-order valence-corrected chi connectivity index (χ2v) is 5.63. The molecule has 0 radical (unpaired) electrons. The fourth-order valence-corrected chi connectivity index (χ4v) is 3.25. The van der Waals surface area contributed by atoms with E-state index in [9.17, 15) is 4.79 Å². The van der Waals surface area contributed by atoms with Crippen molar-refractivity contribution in [2.45, 2.75) is 37.3 Å². The van der Waals surface area contributed by atoms with Gasteiger partial charge in [0.05, 0.1) is 5.54 Å². The van der Waals surface area contributed by atoms with Crippen molar-refractivity contribution < 1.29 is 4.79 Å². The topological polar surface area (TPSA) is 53.8 Å². The summed E-state index contributed by atoms with van der Waals surface area (Å²) in [6, 6.07) is 10.1. The molecule has 94 valence electrons. The molecule has 0 saturated carbocycles. The van der Waals surface area contributed by atoms with Crippen molar-refractivity contribution in [1.29, 1.82) is 0 Å². The highest BCUT2D eigenvalue weighted by Gasteiger charge is 2.59. The van der Waals surface area contributed by atoms with Gasteiger partial charge in [-0.3, -0.25) is 4.79 Å². The van der Waals surface area contributed by atoms with Crippen LogP contribution in [0.25, 0.3) is 0 Å². The van der Waals surface area contributed by atoms with Gasteiger partial charge >= 0.3 is 0 Å². The van der Waals surface area contributed by atoms with Gasteiger partial charge in [-0.1, -0.05) is 30.3 Å². The van der Waals surface area contributed by atoms with Gasteiger partial charge in [-0.2, -0.15) is 10.2 Å². The summed E-state index contributed by atoms with van der Waals surface area (Å²) in [5.74, 6) is 0.0411. The highest BCUT2D eigenvalue weighted by atomic mass is 16.2. The zero-order valence-corrected chi connectivity index (χ0v) is 10.7. The summed E-state index contributed by atoms with van der Waals surface area (Å²) in [5.41, 5.74) is 0.123. The van der Waals surface area contributed by atoms with E-state index in [0.717, 1.165) is 12.0 Å². The van der Waals surface area contributed by atoms with E-state index in [0.29, 0.717) is 6.54 Å². The van der Waals surface area contributed by atoms with Crippen molar-refractivity contribution in [2.24, 2.45) is 10.2 Å². The normalized spacial score (nSPS) is 33.0. The summed E-state index contributed by atoms with van der Waals surface area (Å²) >= 11 is 0. The Morgan fingerprint density at radius 1 is 1.22 bits per heavy atom. The smallest absolute Gasteiger partial charge is 0.250 e. The SMILES string of the molecule is CC1(C)N=NC2(CCNC2=O)C1c1ccccc1. The Bertz CT molecular complexity index is 509. The quantitative estimate of drug-likeness (QED) is 0.808. The molecule has 18 heavy (non-hydrogen) atoms. The maximum atomic E-state index is 12.2. The molecular formula is C14H17N3O. The summed E-state index contributed by atoms with van der Waals surface area (Å²) in [6.07, 6.45) is 0.734. The van der Waals surface area contributed by atoms with Crippen LogP contribution in [0.1, 0.15) is 31.7 Å². The van der Waals surface area contributed by atoms with Crippen molar-refractivity contribution in [1.82, 2.24) is 5.32 Å². The minimum atomic E-state index is -0.690. The summed E-state index contributed by atoms with van der Waals surface area (Å²) in [5, 5.41) is 11.6. The van der Waals surface area contributed by atoms with Crippen LogP contribution in [0.15, 0.2) is 40.6 Å². The maximum Gasteiger partial charge on any atom is 0.250 e. The Hall–Kier alpha value is -1.71. The standard InChI is InChI=1S/C14H17N3O/c1-13(2)11(10-6-4-3-5-7-10)14(17-16-13)8-9-15-12(14)18/h3-7,11H,8-9H2,1-2H3,(H,15,18). The first-order chi connectivity index (χ1) is 8.56. The third kappa shape index (κ3) is 1.41. The van der Waals surface area contributed by atoms with E-state index in [1.54, 1.807) is 0 Å². The van der Waals surface area contributed by atoms with Gasteiger partial charge in [-0.25, -0.2) is 0 Å². The second-order valence-electron chi connectivity index (χ2n) is 5.63. The zero-order valence-electron chi connectivity index (χ0n) is 10.7. The molecular weight excluding hydrogens is 226 g/mol. The summed E-state index contributed by atoms with van der Waals surface area (Å²) in [6.45, 7) is 4.79. The number of carbonyl (C=O) groups excluding carboxylic acids is 1. The van der Waals surface area contributed by atoms with Crippen LogP contribution in [0, 0.1) is 0 Å². The van der Waals surface area contributed by atoms with Crippen LogP contribution >= 0.6 is 0 Å². The molecule has 0 aliphatic carbocycles. The molecule has 1 amide bonds. The number of nitrogens with one attached hydrogen (secondary N) is 1. The summed E-state index contributed by atoms with van der Waals surface area (Å²) in [4.78, 5) is 12.2. The number of rotatable bonds is 1. The molecule has 1 fully saturated rings. The van der Waals surface area contributed by atoms with Gasteiger partial charge in [0.15, 0.2) is 5.54 Å². The Morgan fingerprint density at radius 2 is 1.94 bits per heavy atom. The van der Waals surface area contributed by atoms with E-state index in [4.69, 9.17) is 0 Å². The number of hydrogen-bond acceptors (Lipinski definition) is 3. The van der Waals surface area contributed by atoms with Crippen molar-refractivity contribution in [2.75, 3.05) is 6.54 Å². The average molecular weight is 243 g/mol. The minimum absolute atomic E-state index is 0.0191. The summed E-state index contributed by atoms with van der Waals surface area (Å²) < 4.78 is 0. The predicted octanol–water partition coefficient (Wildman–Crippen LogP) is 2.27. The predicted molar refractivity (Wildman–Crippen MR) is 68.5 cm³/mol. The Balaban J connectivity index is 2.12. The first-order valence-corrected chi connectivity index (χ1v) is 6.34. The lowest BCUT2D eigenvalue weighted by molar-refractivity contribution is -0.124. The number of carbonyl (C=O) groups is 1. The zero-order chi connectivity index (χ0) is 12.8. The van der Waals surface area contributed by atoms with Gasteiger partial charge in [-0.15, -0.1) is 0 Å². The van der Waals surface area contributed by atoms with Gasteiger partial charge < -0.3 is 5.32 Å². The molecule has 1 N–H and O–H groups in total. The molecule has 2 heterocycles. The molecule has 1 saturated heterocycles. The fourth-order valence-electron chi connectivity index (χ4n) is 3.25. The van der Waals surface area contributed by atoms with E-state index in [-0.39, 0.29) is 17.4 Å². The highest BCUT2D eigenvalue weighted by Crippen LogP contribution is 2.50. The number of hydrogen-bond donors (Lipinski definition) is 1. The number of azo groups is 1. The fraction of sp³-hybridized carbons (Fsp3) is 0.500. The molecule has 0 bridgehead atoms. The van der Waals surface area contributed by atoms with Crippen LogP contribution in [0.5, 0.6) is 0 Å². The largest absolute Gasteiger partial charge is 0.354 e. The second kappa shape index (κ2) is 3.64. The number of benzene rings is 1. The number of amides is 1. The van der Waals surface area contributed by atoms with Crippen LogP contribution < -0.4 is 5.32 Å². The monoisotopic (exact) mass is 243 g/mol. The van der Waals surface area contributed by atoms with Crippen LogP contribution in [-0.4, -0.2) is 23.5 Å². The average Bonchev–Trinajstić information content (AvgIpc) is 2.83. The number of nitrogens with zero attached hydrogens (tertiary/aromatic N) is 2. The van der Waals surface area contributed by atoms with Crippen LogP contribution in [0.2, 0.25) is 0 Å². The Kier molecular flexibility index (Phi) is 2.30. The molecule has 4 heteroatoms. The molecule has 2 atom stereocenters. The van der Waals surface area contributed by atoms with Crippen LogP contribution in [0.4, 0.5) is 0 Å². The lowest BCUT2D eigenvalue weighted by Crippen LogP contribution is -2.45. The van der Waals surface area contributed by atoms with Gasteiger partial charge in [0.2, 0.25) is 0 Å². The lowest BCUT2D eigenvalue weighted by atomic mass is 9.70. The first kappa shape index (κ1) is 11.4. The van der Waals surface area contributed by atoms with E-state index in [2.05, 4.69) is 41.5 Å². The van der Waals surface area contributed by atoms with Gasteiger partial charge in [0.25, 0.3) is 5.91 Å². The Labute approximate surface area is 106 Å². The molecule has 2 aliphatic heterocycles. The van der Waals surface area contributed by atoms with Crippen molar-refractivity contribution >= 4 is 5.91 Å².